The molecule has 2 amide bonds. The monoisotopic (exact) mass is 642 g/mol. The summed E-state index contributed by atoms with van der Waals surface area (Å²) in [5.74, 6) is -0.612. The number of carbonyl (C=O) groups excluding carboxylic acids is 2. The topological polar surface area (TPSA) is 76.0 Å². The quantitative estimate of drug-likeness (QED) is 0.264. The van der Waals surface area contributed by atoms with E-state index in [1.54, 1.807) is 17.8 Å². The van der Waals surface area contributed by atoms with Crippen molar-refractivity contribution < 1.29 is 9.59 Å². The zero-order valence-electron chi connectivity index (χ0n) is 19.0. The van der Waals surface area contributed by atoms with Gasteiger partial charge in [-0.25, -0.2) is 0 Å². The Labute approximate surface area is 226 Å². The molecule has 1 unspecified atom stereocenters. The van der Waals surface area contributed by atoms with Crippen molar-refractivity contribution in [1.29, 1.82) is 0 Å². The zero-order valence-corrected chi connectivity index (χ0v) is 22.8. The lowest BCUT2D eigenvalue weighted by atomic mass is 10.0. The highest BCUT2D eigenvalue weighted by Gasteiger charge is 2.24. The van der Waals surface area contributed by atoms with Crippen LogP contribution in [0, 0.1) is 3.57 Å². The van der Waals surface area contributed by atoms with Gasteiger partial charge < -0.3 is 10.6 Å². The second-order valence-corrected chi connectivity index (χ2v) is 10.2. The van der Waals surface area contributed by atoms with Crippen LogP contribution in [-0.4, -0.2) is 34.7 Å². The van der Waals surface area contributed by atoms with E-state index in [2.05, 4.69) is 55.2 Å². The Morgan fingerprint density at radius 2 is 1.71 bits per heavy atom. The van der Waals surface area contributed by atoms with Crippen LogP contribution in [0.4, 0.5) is 0 Å². The van der Waals surface area contributed by atoms with Crippen molar-refractivity contribution in [2.24, 2.45) is 0 Å². The summed E-state index contributed by atoms with van der Waals surface area (Å²) in [5.41, 5.74) is 3.98. The summed E-state index contributed by atoms with van der Waals surface area (Å²) in [5, 5.41) is 10.3. The molecule has 1 aromatic heterocycles. The van der Waals surface area contributed by atoms with E-state index in [1.165, 1.54) is 0 Å². The fourth-order valence-electron chi connectivity index (χ4n) is 3.79. The summed E-state index contributed by atoms with van der Waals surface area (Å²) in [7, 11) is 1.57. The molecule has 0 fully saturated rings. The van der Waals surface area contributed by atoms with Crippen molar-refractivity contribution >= 4 is 50.3 Å². The molecule has 0 aliphatic heterocycles. The predicted molar refractivity (Wildman–Crippen MR) is 149 cm³/mol. The van der Waals surface area contributed by atoms with Crippen LogP contribution in [0.5, 0.6) is 0 Å². The van der Waals surface area contributed by atoms with Crippen molar-refractivity contribution in [3.63, 3.8) is 0 Å². The van der Waals surface area contributed by atoms with Crippen LogP contribution in [0.15, 0.2) is 89.4 Å². The minimum Gasteiger partial charge on any atom is -0.357 e. The van der Waals surface area contributed by atoms with Crippen LogP contribution >= 0.6 is 38.5 Å². The Bertz CT molecular complexity index is 1340. The smallest absolute Gasteiger partial charge is 0.270 e. The van der Waals surface area contributed by atoms with Gasteiger partial charge in [-0.15, -0.1) is 0 Å². The molecule has 0 saturated carbocycles. The first-order valence-corrected chi connectivity index (χ1v) is 12.9. The van der Waals surface area contributed by atoms with Crippen molar-refractivity contribution in [3.8, 4) is 11.3 Å². The van der Waals surface area contributed by atoms with Gasteiger partial charge in [0.15, 0.2) is 0 Å². The molecule has 8 heteroatoms. The second-order valence-electron chi connectivity index (χ2n) is 8.04. The van der Waals surface area contributed by atoms with Gasteiger partial charge in [-0.2, -0.15) is 5.10 Å². The average molecular weight is 643 g/mol. The van der Waals surface area contributed by atoms with Crippen molar-refractivity contribution in [1.82, 2.24) is 20.4 Å². The minimum atomic E-state index is -0.733. The number of nitrogens with one attached hydrogen (secondary N) is 2. The van der Waals surface area contributed by atoms with Crippen LogP contribution < -0.4 is 10.6 Å². The largest absolute Gasteiger partial charge is 0.357 e. The van der Waals surface area contributed by atoms with Gasteiger partial charge in [0, 0.05) is 27.1 Å². The number of aromatic nitrogens is 2. The number of hydrogen-bond acceptors (Lipinski definition) is 3. The van der Waals surface area contributed by atoms with E-state index in [-0.39, 0.29) is 11.8 Å². The number of halogens is 2. The summed E-state index contributed by atoms with van der Waals surface area (Å²) in [6, 6.07) is 26.6. The zero-order chi connectivity index (χ0) is 24.8. The number of rotatable bonds is 8. The molecule has 1 heterocycles. The molecular formula is C27H24BrIN4O2. The fourth-order valence-corrected chi connectivity index (χ4v) is 4.85. The molecule has 0 aliphatic carbocycles. The molecule has 0 bridgehead atoms. The van der Waals surface area contributed by atoms with E-state index in [4.69, 9.17) is 5.10 Å². The Hall–Kier alpha value is -2.98. The summed E-state index contributed by atoms with van der Waals surface area (Å²) in [6.07, 6.45) is 0.363. The predicted octanol–water partition coefficient (Wildman–Crippen LogP) is 5.05. The third kappa shape index (κ3) is 6.58. The molecule has 0 spiro atoms. The van der Waals surface area contributed by atoms with Crippen LogP contribution in [-0.2, 0) is 17.8 Å². The first-order valence-electron chi connectivity index (χ1n) is 11.1. The summed E-state index contributed by atoms with van der Waals surface area (Å²) < 4.78 is 3.72. The highest BCUT2D eigenvalue weighted by Crippen LogP contribution is 2.21. The third-order valence-electron chi connectivity index (χ3n) is 5.50. The van der Waals surface area contributed by atoms with Crippen LogP contribution in [0.3, 0.4) is 0 Å². The lowest BCUT2D eigenvalue weighted by Crippen LogP contribution is -2.47. The number of amides is 2. The van der Waals surface area contributed by atoms with Gasteiger partial charge in [-0.05, 0) is 64.0 Å². The van der Waals surface area contributed by atoms with Crippen molar-refractivity contribution in [2.45, 2.75) is 19.0 Å². The number of nitrogens with zero attached hydrogens (tertiary/aromatic N) is 2. The van der Waals surface area contributed by atoms with Gasteiger partial charge in [-0.3, -0.25) is 14.3 Å². The minimum absolute atomic E-state index is 0.259. The summed E-state index contributed by atoms with van der Waals surface area (Å²) in [6.45, 7) is 0.433. The maximum absolute atomic E-state index is 13.5. The normalized spacial score (nSPS) is 11.6. The maximum atomic E-state index is 13.5. The van der Waals surface area contributed by atoms with Crippen molar-refractivity contribution in [3.05, 3.63) is 110 Å². The second kappa shape index (κ2) is 11.6. The lowest BCUT2D eigenvalue weighted by molar-refractivity contribution is -0.122. The van der Waals surface area contributed by atoms with Gasteiger partial charge in [0.05, 0.1) is 12.2 Å². The summed E-state index contributed by atoms with van der Waals surface area (Å²) >= 11 is 5.73. The number of hydrogen-bond donors (Lipinski definition) is 2. The van der Waals surface area contributed by atoms with E-state index < -0.39 is 6.04 Å². The van der Waals surface area contributed by atoms with Crippen LogP contribution in [0.1, 0.15) is 21.6 Å². The van der Waals surface area contributed by atoms with Crippen molar-refractivity contribution in [2.75, 3.05) is 7.05 Å². The van der Waals surface area contributed by atoms with E-state index >= 15 is 0 Å². The summed E-state index contributed by atoms with van der Waals surface area (Å²) in [4.78, 5) is 26.1. The molecule has 0 saturated heterocycles. The van der Waals surface area contributed by atoms with E-state index in [0.717, 1.165) is 24.7 Å². The Morgan fingerprint density at radius 3 is 2.43 bits per heavy atom. The van der Waals surface area contributed by atoms with Gasteiger partial charge >= 0.3 is 0 Å². The van der Waals surface area contributed by atoms with Crippen LogP contribution in [0.2, 0.25) is 0 Å². The Balaban J connectivity index is 1.65. The molecule has 0 aliphatic rings. The molecule has 2 N–H and O–H groups in total. The first kappa shape index (κ1) is 25.1. The molecule has 6 nitrogen and oxygen atoms in total. The molecule has 0 radical (unpaired) electrons. The highest BCUT2D eigenvalue weighted by molar-refractivity contribution is 14.1. The number of likely N-dealkylation sites (N-methyl/N-ethyl adjacent to an activating group) is 1. The van der Waals surface area contributed by atoms with E-state index in [0.29, 0.717) is 24.4 Å². The third-order valence-corrected chi connectivity index (χ3v) is 6.66. The molecule has 4 aromatic rings. The van der Waals surface area contributed by atoms with E-state index in [1.807, 2.05) is 72.8 Å². The molecule has 4 rings (SSSR count). The molecule has 1 atom stereocenters. The first-order chi connectivity index (χ1) is 16.9. The molecule has 3 aromatic carbocycles. The van der Waals surface area contributed by atoms with Gasteiger partial charge in [0.1, 0.15) is 11.7 Å². The van der Waals surface area contributed by atoms with Gasteiger partial charge in [0.2, 0.25) is 5.91 Å². The number of benzene rings is 3. The average Bonchev–Trinajstić information content (AvgIpc) is 3.27. The number of carbonyl (C=O) groups is 2. The molecule has 35 heavy (non-hydrogen) atoms. The Kier molecular flexibility index (Phi) is 8.35. The molecule has 178 valence electrons. The molecular weight excluding hydrogens is 619 g/mol. The standard InChI is InChI=1S/C27H24BrIN4O2/c1-30-26(34)24(15-18-7-5-11-21(28)13-18)31-27(35)25-16-23(20-9-3-2-4-10-20)32-33(25)17-19-8-6-12-22(29)14-19/h2-14,16,24H,15,17H2,1H3,(H,30,34)(H,31,35). The van der Waals surface area contributed by atoms with Gasteiger partial charge in [0.25, 0.3) is 5.91 Å². The van der Waals surface area contributed by atoms with Gasteiger partial charge in [-0.1, -0.05) is 70.5 Å². The lowest BCUT2D eigenvalue weighted by Gasteiger charge is -2.18. The maximum Gasteiger partial charge on any atom is 0.270 e. The fraction of sp³-hybridized carbons (Fsp3) is 0.148. The SMILES string of the molecule is CNC(=O)C(Cc1cccc(Br)c1)NC(=O)c1cc(-c2ccccc2)nn1Cc1cccc(I)c1. The van der Waals surface area contributed by atoms with E-state index in [9.17, 15) is 9.59 Å². The van der Waals surface area contributed by atoms with Crippen LogP contribution in [0.25, 0.3) is 11.3 Å². The highest BCUT2D eigenvalue weighted by atomic mass is 127. The Morgan fingerprint density at radius 1 is 0.971 bits per heavy atom.